The first-order chi connectivity index (χ1) is 36.2. The highest BCUT2D eigenvalue weighted by Gasteiger charge is 2.36. The summed E-state index contributed by atoms with van der Waals surface area (Å²) in [5, 5.41) is 7.14. The van der Waals surface area contributed by atoms with Crippen LogP contribution in [-0.2, 0) is 0 Å². The first-order valence-electron chi connectivity index (χ1n) is 21.2. The van der Waals surface area contributed by atoms with Crippen LogP contribution >= 0.6 is 0 Å². The molecule has 0 radical (unpaired) electrons. The van der Waals surface area contributed by atoms with Crippen LogP contribution in [0.2, 0.25) is 0 Å². The van der Waals surface area contributed by atoms with Crippen molar-refractivity contribution in [3.63, 3.8) is 0 Å². The maximum Gasteiger partial charge on any atom is 0.200 e. The molecule has 0 unspecified atom stereocenters. The Morgan fingerprint density at radius 3 is 0.829 bits per heavy atom. The number of hydrogen-bond acceptors (Lipinski definition) is 4. The summed E-state index contributed by atoms with van der Waals surface area (Å²) >= 11 is 0. The van der Waals surface area contributed by atoms with E-state index in [1.807, 2.05) is 0 Å². The normalized spacial score (nSPS) is 12.2. The largest absolute Gasteiger partial charge is 0.354 e. The van der Waals surface area contributed by atoms with Gasteiger partial charge < -0.3 is 9.97 Å². The lowest BCUT2D eigenvalue weighted by atomic mass is 9.99. The van der Waals surface area contributed by atoms with Crippen LogP contribution in [0.15, 0.2) is 61.2 Å². The van der Waals surface area contributed by atoms with Crippen LogP contribution in [0.1, 0.15) is 22.8 Å². The van der Waals surface area contributed by atoms with Gasteiger partial charge in [-0.15, -0.1) is 0 Å². The zero-order valence-electron chi connectivity index (χ0n) is 36.6. The highest BCUT2D eigenvalue weighted by Crippen LogP contribution is 2.45. The lowest BCUT2D eigenvalue weighted by Crippen LogP contribution is -2.10. The monoisotopic (exact) mass is 1070 g/mol. The number of halogens is 18. The van der Waals surface area contributed by atoms with Crippen molar-refractivity contribution in [2.45, 2.75) is 0 Å². The second kappa shape index (κ2) is 17.7. The number of H-pyrrole nitrogens is 2. The Morgan fingerprint density at radius 2 is 0.526 bits per heavy atom. The lowest BCUT2D eigenvalue weighted by molar-refractivity contribution is 0.381. The van der Waals surface area contributed by atoms with E-state index in [0.29, 0.717) is 33.7 Å². The molecule has 0 aliphatic carbocycles. The van der Waals surface area contributed by atoms with E-state index in [-0.39, 0.29) is 0 Å². The van der Waals surface area contributed by atoms with Gasteiger partial charge in [-0.25, -0.2) is 98.4 Å². The fraction of sp³-hybridized carbons (Fsp3) is 0. The average Bonchev–Trinajstić information content (AvgIpc) is 4.30. The van der Waals surface area contributed by atoms with Crippen LogP contribution in [-0.4, -0.2) is 39.5 Å². The number of nitrogens with zero attached hydrogens (tertiary/aromatic N) is 6. The molecule has 0 saturated heterocycles. The van der Waals surface area contributed by atoms with Crippen molar-refractivity contribution in [3.05, 3.63) is 189 Å². The minimum atomic E-state index is -2.67. The highest BCUT2D eigenvalue weighted by atomic mass is 19.2. The molecule has 9 aromatic rings. The summed E-state index contributed by atoms with van der Waals surface area (Å²) < 4.78 is 286. The zero-order chi connectivity index (χ0) is 54.1. The molecule has 0 atom stereocenters. The van der Waals surface area contributed by atoms with Gasteiger partial charge in [0.2, 0.25) is 11.6 Å². The summed E-state index contributed by atoms with van der Waals surface area (Å²) in [5.41, 5.74) is -21.5. The lowest BCUT2D eigenvalue weighted by Gasteiger charge is -2.14. The Kier molecular flexibility index (Phi) is 11.4. The number of hydrogen-bond donors (Lipinski definition) is 2. The quantitative estimate of drug-likeness (QED) is 0.0986. The molecule has 0 amide bonds. The van der Waals surface area contributed by atoms with Crippen LogP contribution in [0.25, 0.3) is 102 Å². The smallest absolute Gasteiger partial charge is 0.200 e. The Bertz CT molecular complexity index is 3990. The summed E-state index contributed by atoms with van der Waals surface area (Å²) in [5.74, 6) is -43.3. The van der Waals surface area contributed by atoms with Gasteiger partial charge in [0.15, 0.2) is 93.1 Å². The second-order valence-corrected chi connectivity index (χ2v) is 16.3. The summed E-state index contributed by atoms with van der Waals surface area (Å²) in [6.07, 6.45) is 6.49. The van der Waals surface area contributed by atoms with Gasteiger partial charge in [0.25, 0.3) is 0 Å². The SMILES string of the molecule is Fc1c(F)c(F)c(-c2c3nc(c(-c4c(F)c(F)c(-n5cccn5)c(F)c4F)c4nc(c(-c5c(F)c(F)c(F)c(F)c5F)c5ccc([nH]5)c(-c5c(F)c(F)c(-n6cccn6)c(F)c5F)c5ccc2[nH]5)C=C4)C=C3)c(F)c1F. The Balaban J connectivity index is 1.38. The highest BCUT2D eigenvalue weighted by molar-refractivity contribution is 6.01. The van der Waals surface area contributed by atoms with Gasteiger partial charge in [0.1, 0.15) is 11.4 Å². The van der Waals surface area contributed by atoms with Gasteiger partial charge in [0.05, 0.1) is 45.0 Å². The molecule has 76 heavy (non-hydrogen) atoms. The number of benzene rings is 4. The van der Waals surface area contributed by atoms with E-state index in [2.05, 4.69) is 30.1 Å². The van der Waals surface area contributed by atoms with E-state index in [1.54, 1.807) is 0 Å². The second-order valence-electron chi connectivity index (χ2n) is 16.3. The minimum absolute atomic E-state index is 0.378. The van der Waals surface area contributed by atoms with Crippen molar-refractivity contribution in [2.75, 3.05) is 0 Å². The van der Waals surface area contributed by atoms with Gasteiger partial charge in [-0.3, -0.25) is 0 Å². The van der Waals surface area contributed by atoms with E-state index >= 15 is 70.2 Å². The van der Waals surface area contributed by atoms with Crippen molar-refractivity contribution < 1.29 is 79.0 Å². The van der Waals surface area contributed by atoms with Crippen molar-refractivity contribution in [1.82, 2.24) is 39.5 Å². The van der Waals surface area contributed by atoms with Crippen molar-refractivity contribution >= 4 is 46.4 Å². The van der Waals surface area contributed by atoms with Gasteiger partial charge in [-0.1, -0.05) is 0 Å². The summed E-state index contributed by atoms with van der Waals surface area (Å²) in [7, 11) is 0. The predicted molar refractivity (Wildman–Crippen MR) is 234 cm³/mol. The van der Waals surface area contributed by atoms with Crippen LogP contribution in [0.5, 0.6) is 0 Å². The predicted octanol–water partition coefficient (Wildman–Crippen LogP) is 14.2. The fourth-order valence-electron chi connectivity index (χ4n) is 8.79. The van der Waals surface area contributed by atoms with Crippen LogP contribution in [0.3, 0.4) is 0 Å². The Hall–Kier alpha value is -9.36. The molecule has 26 heteroatoms. The molecule has 11 rings (SSSR count). The molecule has 5 aromatic heterocycles. The van der Waals surface area contributed by atoms with E-state index in [9.17, 15) is 8.78 Å². The number of nitrogens with one attached hydrogen (secondary N) is 2. The molecular weight excluding hydrogens is 1050 g/mol. The number of aromatic amines is 2. The standard InChI is InChI=1S/C50H16F18N8/c51-31-27(32(52)40(60)43(63)39(31)59)23-15-3-7-19(71-15)25(29-35(55)45(65)49(46(66)36(29)56)75-13-1-11-69-75)20-8-4-16(72-20)24(28-33(53)41(61)44(64)42(62)34(28)54)18-6-10-22(74-18)26(21-9-5-17(23)73-21)30-37(57)47(67)50(48(68)38(30)58)76-14-2-12-70-76/h1-14,71-72H. The van der Waals surface area contributed by atoms with Crippen LogP contribution < -0.4 is 0 Å². The number of fused-ring (bicyclic) bond motifs is 8. The third-order valence-electron chi connectivity index (χ3n) is 12.1. The maximum atomic E-state index is 16.7. The van der Waals surface area contributed by atoms with Crippen molar-refractivity contribution in [2.24, 2.45) is 0 Å². The molecule has 8 nitrogen and oxygen atoms in total. The third kappa shape index (κ3) is 7.05. The minimum Gasteiger partial charge on any atom is -0.354 e. The van der Waals surface area contributed by atoms with Gasteiger partial charge in [-0.05, 0) is 60.7 Å². The average molecular weight is 1070 g/mol. The van der Waals surface area contributed by atoms with Gasteiger partial charge in [-0.2, -0.15) is 10.2 Å². The molecule has 4 aromatic carbocycles. The molecule has 2 aliphatic rings. The van der Waals surface area contributed by atoms with Gasteiger partial charge >= 0.3 is 0 Å². The first kappa shape index (κ1) is 48.9. The first-order valence-corrected chi connectivity index (χ1v) is 21.2. The maximum absolute atomic E-state index is 16.7. The topological polar surface area (TPSA) is 93.0 Å². The molecule has 8 bridgehead atoms. The van der Waals surface area contributed by atoms with Crippen molar-refractivity contribution in [3.8, 4) is 55.9 Å². The van der Waals surface area contributed by atoms with Gasteiger partial charge in [0, 0.05) is 69.1 Å². The molecule has 0 spiro atoms. The van der Waals surface area contributed by atoms with E-state index in [0.717, 1.165) is 61.2 Å². The Labute approximate surface area is 408 Å². The van der Waals surface area contributed by atoms with Crippen LogP contribution in [0, 0.1) is 105 Å². The fourth-order valence-corrected chi connectivity index (χ4v) is 8.79. The summed E-state index contributed by atoms with van der Waals surface area (Å²) in [6, 6.07) is 5.20. The third-order valence-corrected chi connectivity index (χ3v) is 12.1. The van der Waals surface area contributed by atoms with E-state index in [4.69, 9.17) is 0 Å². The number of aromatic nitrogens is 8. The molecule has 382 valence electrons. The number of rotatable bonds is 6. The molecule has 0 saturated carbocycles. The summed E-state index contributed by atoms with van der Waals surface area (Å²) in [4.78, 5) is 13.0. The molecule has 2 N–H and O–H groups in total. The Morgan fingerprint density at radius 1 is 0.276 bits per heavy atom. The van der Waals surface area contributed by atoms with E-state index < -0.39 is 205 Å². The molecule has 7 heterocycles. The molecular formula is C50H16F18N8. The van der Waals surface area contributed by atoms with Crippen LogP contribution in [0.4, 0.5) is 79.0 Å². The van der Waals surface area contributed by atoms with E-state index in [1.165, 1.54) is 0 Å². The molecule has 2 aliphatic heterocycles. The summed E-state index contributed by atoms with van der Waals surface area (Å²) in [6.45, 7) is 0. The molecule has 0 fully saturated rings. The van der Waals surface area contributed by atoms with Crippen molar-refractivity contribution in [1.29, 1.82) is 0 Å². The zero-order valence-corrected chi connectivity index (χ0v) is 36.6.